The predicted octanol–water partition coefficient (Wildman–Crippen LogP) is 3.07. The molecule has 3 rings (SSSR count). The van der Waals surface area contributed by atoms with E-state index in [0.717, 1.165) is 18.5 Å². The van der Waals surface area contributed by atoms with Crippen LogP contribution < -0.4 is 5.32 Å². The standard InChI is InChI=1S/C16H21NO2/c18-10-12-5-1-3-7-15(12)17-9-13-11-19-16-8-4-2-6-14(13)16/h2,4,6,8,11-12,15,17-18H,1,3,5,7,9-10H2. The Labute approximate surface area is 113 Å². The number of furan rings is 1. The number of hydrogen-bond acceptors (Lipinski definition) is 3. The number of hydrogen-bond donors (Lipinski definition) is 2. The third-order valence-electron chi connectivity index (χ3n) is 4.26. The number of aliphatic hydroxyl groups is 1. The van der Waals surface area contributed by atoms with Crippen molar-refractivity contribution in [3.05, 3.63) is 36.1 Å². The highest BCUT2D eigenvalue weighted by Gasteiger charge is 2.24. The van der Waals surface area contributed by atoms with Crippen LogP contribution in [-0.4, -0.2) is 17.8 Å². The fraction of sp³-hybridized carbons (Fsp3) is 0.500. The molecule has 0 amide bonds. The number of fused-ring (bicyclic) bond motifs is 1. The summed E-state index contributed by atoms with van der Waals surface area (Å²) in [6, 6.07) is 8.56. The van der Waals surface area contributed by atoms with Crippen molar-refractivity contribution in [2.75, 3.05) is 6.61 Å². The van der Waals surface area contributed by atoms with E-state index in [1.807, 2.05) is 24.5 Å². The minimum Gasteiger partial charge on any atom is -0.464 e. The van der Waals surface area contributed by atoms with E-state index in [9.17, 15) is 5.11 Å². The summed E-state index contributed by atoms with van der Waals surface area (Å²) < 4.78 is 5.55. The first-order valence-electron chi connectivity index (χ1n) is 7.18. The van der Waals surface area contributed by atoms with Crippen molar-refractivity contribution in [2.24, 2.45) is 5.92 Å². The van der Waals surface area contributed by atoms with Crippen molar-refractivity contribution in [1.29, 1.82) is 0 Å². The number of para-hydroxylation sites is 1. The van der Waals surface area contributed by atoms with Gasteiger partial charge in [0, 0.05) is 30.1 Å². The molecule has 2 atom stereocenters. The second-order valence-corrected chi connectivity index (χ2v) is 5.47. The third kappa shape index (κ3) is 2.67. The van der Waals surface area contributed by atoms with Gasteiger partial charge in [-0.15, -0.1) is 0 Å². The first kappa shape index (κ1) is 12.7. The van der Waals surface area contributed by atoms with Crippen molar-refractivity contribution >= 4 is 11.0 Å². The molecule has 2 aromatic rings. The fourth-order valence-electron chi connectivity index (χ4n) is 3.11. The average molecular weight is 259 g/mol. The third-order valence-corrected chi connectivity index (χ3v) is 4.26. The van der Waals surface area contributed by atoms with Crippen LogP contribution in [-0.2, 0) is 6.54 Å². The molecule has 1 aromatic heterocycles. The molecule has 2 unspecified atom stereocenters. The van der Waals surface area contributed by atoms with Crippen LogP contribution in [0.15, 0.2) is 34.9 Å². The summed E-state index contributed by atoms with van der Waals surface area (Å²) in [5, 5.41) is 14.2. The van der Waals surface area contributed by atoms with Crippen molar-refractivity contribution in [3.63, 3.8) is 0 Å². The molecule has 1 aromatic carbocycles. The van der Waals surface area contributed by atoms with Gasteiger partial charge in [-0.1, -0.05) is 31.0 Å². The van der Waals surface area contributed by atoms with E-state index in [-0.39, 0.29) is 0 Å². The Morgan fingerprint density at radius 1 is 1.21 bits per heavy atom. The molecule has 102 valence electrons. The lowest BCUT2D eigenvalue weighted by Crippen LogP contribution is -2.39. The summed E-state index contributed by atoms with van der Waals surface area (Å²) in [4.78, 5) is 0. The first-order valence-corrected chi connectivity index (χ1v) is 7.18. The minimum absolute atomic E-state index is 0.295. The Hall–Kier alpha value is -1.32. The molecule has 1 aliphatic rings. The molecular formula is C16H21NO2. The molecule has 2 N–H and O–H groups in total. The number of nitrogens with one attached hydrogen (secondary N) is 1. The highest BCUT2D eigenvalue weighted by molar-refractivity contribution is 5.80. The fourth-order valence-corrected chi connectivity index (χ4v) is 3.11. The van der Waals surface area contributed by atoms with Gasteiger partial charge in [-0.25, -0.2) is 0 Å². The molecule has 1 fully saturated rings. The maximum atomic E-state index is 9.43. The predicted molar refractivity (Wildman–Crippen MR) is 75.9 cm³/mol. The van der Waals surface area contributed by atoms with Gasteiger partial charge in [0.15, 0.2) is 0 Å². The topological polar surface area (TPSA) is 45.4 Å². The molecule has 0 radical (unpaired) electrons. The summed E-state index contributed by atoms with van der Waals surface area (Å²) in [6.07, 6.45) is 6.66. The van der Waals surface area contributed by atoms with E-state index in [0.29, 0.717) is 18.6 Å². The molecule has 0 spiro atoms. The van der Waals surface area contributed by atoms with Gasteiger partial charge in [-0.3, -0.25) is 0 Å². The van der Waals surface area contributed by atoms with Crippen LogP contribution in [0.2, 0.25) is 0 Å². The second kappa shape index (κ2) is 5.76. The Bertz CT molecular complexity index is 534. The SMILES string of the molecule is OCC1CCCCC1NCc1coc2ccccc12. The monoisotopic (exact) mass is 259 g/mol. The molecular weight excluding hydrogens is 238 g/mol. The minimum atomic E-state index is 0.295. The zero-order valence-electron chi connectivity index (χ0n) is 11.1. The quantitative estimate of drug-likeness (QED) is 0.887. The zero-order chi connectivity index (χ0) is 13.1. The Kier molecular flexibility index (Phi) is 3.85. The highest BCUT2D eigenvalue weighted by atomic mass is 16.3. The van der Waals surface area contributed by atoms with Crippen LogP contribution in [0.1, 0.15) is 31.2 Å². The van der Waals surface area contributed by atoms with Gasteiger partial charge in [0.2, 0.25) is 0 Å². The number of rotatable bonds is 4. The Morgan fingerprint density at radius 3 is 2.95 bits per heavy atom. The zero-order valence-corrected chi connectivity index (χ0v) is 11.1. The molecule has 3 nitrogen and oxygen atoms in total. The largest absolute Gasteiger partial charge is 0.464 e. The molecule has 1 heterocycles. The van der Waals surface area contributed by atoms with Crippen LogP contribution in [0.25, 0.3) is 11.0 Å². The van der Waals surface area contributed by atoms with Gasteiger partial charge >= 0.3 is 0 Å². The van der Waals surface area contributed by atoms with E-state index < -0.39 is 0 Å². The van der Waals surface area contributed by atoms with E-state index in [1.165, 1.54) is 30.2 Å². The summed E-state index contributed by atoms with van der Waals surface area (Å²) in [7, 11) is 0. The van der Waals surface area contributed by atoms with E-state index in [2.05, 4.69) is 11.4 Å². The molecule has 0 saturated heterocycles. The maximum absolute atomic E-state index is 9.43. The van der Waals surface area contributed by atoms with Crippen LogP contribution in [0.4, 0.5) is 0 Å². The molecule has 3 heteroatoms. The summed E-state index contributed by atoms with van der Waals surface area (Å²) in [6.45, 7) is 1.11. The molecule has 0 aliphatic heterocycles. The lowest BCUT2D eigenvalue weighted by Gasteiger charge is -2.31. The average Bonchev–Trinajstić information content (AvgIpc) is 2.89. The van der Waals surface area contributed by atoms with Crippen molar-refractivity contribution in [3.8, 4) is 0 Å². The number of aliphatic hydroxyl groups excluding tert-OH is 1. The highest BCUT2D eigenvalue weighted by Crippen LogP contribution is 2.25. The van der Waals surface area contributed by atoms with Crippen LogP contribution in [0.5, 0.6) is 0 Å². The van der Waals surface area contributed by atoms with Gasteiger partial charge in [0.25, 0.3) is 0 Å². The van der Waals surface area contributed by atoms with Crippen LogP contribution >= 0.6 is 0 Å². The van der Waals surface area contributed by atoms with Crippen LogP contribution in [0.3, 0.4) is 0 Å². The second-order valence-electron chi connectivity index (χ2n) is 5.47. The van der Waals surface area contributed by atoms with Crippen molar-refractivity contribution in [1.82, 2.24) is 5.32 Å². The van der Waals surface area contributed by atoms with Gasteiger partial charge < -0.3 is 14.8 Å². The molecule has 1 aliphatic carbocycles. The Balaban J connectivity index is 1.68. The van der Waals surface area contributed by atoms with Gasteiger partial charge in [0.1, 0.15) is 5.58 Å². The smallest absolute Gasteiger partial charge is 0.134 e. The van der Waals surface area contributed by atoms with Crippen molar-refractivity contribution in [2.45, 2.75) is 38.3 Å². The van der Waals surface area contributed by atoms with E-state index in [1.54, 1.807) is 0 Å². The lowest BCUT2D eigenvalue weighted by atomic mass is 9.85. The molecule has 0 bridgehead atoms. The molecule has 1 saturated carbocycles. The summed E-state index contributed by atoms with van der Waals surface area (Å²) in [5.74, 6) is 0.409. The van der Waals surface area contributed by atoms with Crippen molar-refractivity contribution < 1.29 is 9.52 Å². The summed E-state index contributed by atoms with van der Waals surface area (Å²) in [5.41, 5.74) is 2.15. The van der Waals surface area contributed by atoms with Crippen LogP contribution in [0, 0.1) is 5.92 Å². The normalized spacial score (nSPS) is 23.8. The van der Waals surface area contributed by atoms with Gasteiger partial charge in [-0.05, 0) is 24.8 Å². The molecule has 19 heavy (non-hydrogen) atoms. The van der Waals surface area contributed by atoms with E-state index in [4.69, 9.17) is 4.42 Å². The first-order chi connectivity index (χ1) is 9.38. The lowest BCUT2D eigenvalue weighted by molar-refractivity contribution is 0.152. The van der Waals surface area contributed by atoms with Gasteiger partial charge in [0.05, 0.1) is 6.26 Å². The van der Waals surface area contributed by atoms with E-state index >= 15 is 0 Å². The Morgan fingerprint density at radius 2 is 2.05 bits per heavy atom. The number of benzene rings is 1. The maximum Gasteiger partial charge on any atom is 0.134 e. The summed E-state index contributed by atoms with van der Waals surface area (Å²) >= 11 is 0. The van der Waals surface area contributed by atoms with Gasteiger partial charge in [-0.2, -0.15) is 0 Å².